The quantitative estimate of drug-likeness (QED) is 0.421. The lowest BCUT2D eigenvalue weighted by molar-refractivity contribution is -0.111. The first-order valence-corrected chi connectivity index (χ1v) is 4.56. The first-order valence-electron chi connectivity index (χ1n) is 4.56. The second kappa shape index (κ2) is 3.41. The normalized spacial score (nSPS) is 29.4. The minimum atomic E-state index is -0.217. The molecule has 0 bridgehead atoms. The molecule has 1 aliphatic carbocycles. The van der Waals surface area contributed by atoms with Crippen LogP contribution in [0.2, 0.25) is 0 Å². The van der Waals surface area contributed by atoms with Gasteiger partial charge in [0.1, 0.15) is 5.71 Å². The van der Waals surface area contributed by atoms with Gasteiger partial charge in [0.05, 0.1) is 6.07 Å². The van der Waals surface area contributed by atoms with Crippen molar-refractivity contribution in [1.29, 1.82) is 5.26 Å². The fraction of sp³-hybridized carbons (Fsp3) is 0.700. The third kappa shape index (κ3) is 1.50. The highest BCUT2D eigenvalue weighted by molar-refractivity contribution is 6.40. The molecule has 1 aliphatic rings. The van der Waals surface area contributed by atoms with E-state index in [1.54, 1.807) is 0 Å². The van der Waals surface area contributed by atoms with E-state index in [4.69, 9.17) is 10.5 Å². The van der Waals surface area contributed by atoms with Gasteiger partial charge in [0.15, 0.2) is 5.78 Å². The molecule has 0 amide bonds. The molecule has 0 aliphatic heterocycles. The molecular formula is C10H14N2O2. The van der Waals surface area contributed by atoms with Crippen LogP contribution in [0.4, 0.5) is 0 Å². The lowest BCUT2D eigenvalue weighted by Gasteiger charge is -2.01. The molecule has 0 aromatic carbocycles. The van der Waals surface area contributed by atoms with E-state index in [0.29, 0.717) is 6.42 Å². The standard InChI is InChI=1S/C10H14N2O2/c1-6(13)9(12-14)8-7(4-5-11)10(8,2)3/h7-8,14H,4H2,1-3H3/b12-9+/t7-,8+/m1/s1. The zero-order chi connectivity index (χ0) is 10.9. The molecular weight excluding hydrogens is 180 g/mol. The van der Waals surface area contributed by atoms with Crippen LogP contribution >= 0.6 is 0 Å². The number of nitrogens with zero attached hydrogens (tertiary/aromatic N) is 2. The maximum atomic E-state index is 11.1. The van der Waals surface area contributed by atoms with Gasteiger partial charge in [-0.05, 0) is 11.3 Å². The van der Waals surface area contributed by atoms with Crippen molar-refractivity contribution in [3.63, 3.8) is 0 Å². The minimum absolute atomic E-state index is 0.0651. The Hall–Kier alpha value is -1.37. The maximum Gasteiger partial charge on any atom is 0.177 e. The first kappa shape index (κ1) is 10.7. The fourth-order valence-electron chi connectivity index (χ4n) is 2.12. The molecule has 1 fully saturated rings. The summed E-state index contributed by atoms with van der Waals surface area (Å²) in [7, 11) is 0. The second-order valence-corrected chi connectivity index (χ2v) is 4.31. The van der Waals surface area contributed by atoms with Gasteiger partial charge in [0.2, 0.25) is 0 Å². The number of Topliss-reactive ketones (excluding diaryl/α,β-unsaturated/α-hetero) is 1. The molecule has 1 saturated carbocycles. The zero-order valence-electron chi connectivity index (χ0n) is 8.61. The number of oxime groups is 1. The van der Waals surface area contributed by atoms with Gasteiger partial charge in [0.25, 0.3) is 0 Å². The van der Waals surface area contributed by atoms with Crippen molar-refractivity contribution >= 4 is 11.5 Å². The highest BCUT2D eigenvalue weighted by atomic mass is 16.4. The highest BCUT2D eigenvalue weighted by Gasteiger charge is 2.60. The van der Waals surface area contributed by atoms with E-state index in [1.165, 1.54) is 6.92 Å². The summed E-state index contributed by atoms with van der Waals surface area (Å²) in [6.07, 6.45) is 0.407. The minimum Gasteiger partial charge on any atom is -0.411 e. The van der Waals surface area contributed by atoms with E-state index < -0.39 is 0 Å². The van der Waals surface area contributed by atoms with Crippen molar-refractivity contribution < 1.29 is 10.0 Å². The summed E-state index contributed by atoms with van der Waals surface area (Å²) in [5, 5.41) is 20.3. The summed E-state index contributed by atoms with van der Waals surface area (Å²) in [5.74, 6) is -0.141. The van der Waals surface area contributed by atoms with Gasteiger partial charge in [-0.15, -0.1) is 0 Å². The van der Waals surface area contributed by atoms with Crippen LogP contribution < -0.4 is 0 Å². The van der Waals surface area contributed by atoms with Gasteiger partial charge in [0, 0.05) is 19.3 Å². The maximum absolute atomic E-state index is 11.1. The Labute approximate surface area is 83.2 Å². The second-order valence-electron chi connectivity index (χ2n) is 4.31. The molecule has 0 radical (unpaired) electrons. The molecule has 0 saturated heterocycles. The van der Waals surface area contributed by atoms with Crippen molar-refractivity contribution in [3.05, 3.63) is 0 Å². The Kier molecular flexibility index (Phi) is 2.61. The summed E-state index contributed by atoms with van der Waals surface area (Å²) < 4.78 is 0. The van der Waals surface area contributed by atoms with Gasteiger partial charge in [-0.2, -0.15) is 5.26 Å². The topological polar surface area (TPSA) is 73.4 Å². The molecule has 0 spiro atoms. The van der Waals surface area contributed by atoms with Crippen molar-refractivity contribution in [3.8, 4) is 6.07 Å². The van der Waals surface area contributed by atoms with E-state index >= 15 is 0 Å². The largest absolute Gasteiger partial charge is 0.411 e. The van der Waals surface area contributed by atoms with E-state index in [-0.39, 0.29) is 28.7 Å². The molecule has 14 heavy (non-hydrogen) atoms. The number of rotatable bonds is 3. The Morgan fingerprint density at radius 2 is 2.21 bits per heavy atom. The summed E-state index contributed by atoms with van der Waals surface area (Å²) in [6.45, 7) is 5.34. The molecule has 0 aromatic rings. The lowest BCUT2D eigenvalue weighted by Crippen LogP contribution is -2.15. The number of hydrogen-bond donors (Lipinski definition) is 1. The Balaban J connectivity index is 2.83. The number of carbonyl (C=O) groups is 1. The number of hydrogen-bond acceptors (Lipinski definition) is 4. The van der Waals surface area contributed by atoms with Crippen LogP contribution in [-0.2, 0) is 4.79 Å². The van der Waals surface area contributed by atoms with Gasteiger partial charge in [-0.1, -0.05) is 19.0 Å². The van der Waals surface area contributed by atoms with Crippen molar-refractivity contribution in [2.75, 3.05) is 0 Å². The monoisotopic (exact) mass is 194 g/mol. The van der Waals surface area contributed by atoms with Crippen LogP contribution in [0.3, 0.4) is 0 Å². The average molecular weight is 194 g/mol. The van der Waals surface area contributed by atoms with E-state index in [0.717, 1.165) is 0 Å². The van der Waals surface area contributed by atoms with Crippen LogP contribution in [0.15, 0.2) is 5.16 Å². The summed E-state index contributed by atoms with van der Waals surface area (Å²) in [4.78, 5) is 11.1. The van der Waals surface area contributed by atoms with Crippen molar-refractivity contribution in [1.82, 2.24) is 0 Å². The molecule has 76 valence electrons. The molecule has 4 heteroatoms. The molecule has 0 heterocycles. The first-order chi connectivity index (χ1) is 6.46. The molecule has 4 nitrogen and oxygen atoms in total. The lowest BCUT2D eigenvalue weighted by atomic mass is 10.0. The van der Waals surface area contributed by atoms with E-state index in [2.05, 4.69) is 11.2 Å². The number of ketones is 1. The van der Waals surface area contributed by atoms with Crippen molar-refractivity contribution in [2.24, 2.45) is 22.4 Å². The van der Waals surface area contributed by atoms with Crippen LogP contribution in [-0.4, -0.2) is 16.7 Å². The van der Waals surface area contributed by atoms with Gasteiger partial charge in [-0.25, -0.2) is 0 Å². The third-order valence-electron chi connectivity index (χ3n) is 3.12. The summed E-state index contributed by atoms with van der Waals surface area (Å²) in [6, 6.07) is 2.09. The molecule has 2 atom stereocenters. The van der Waals surface area contributed by atoms with Gasteiger partial charge < -0.3 is 5.21 Å². The van der Waals surface area contributed by atoms with Crippen LogP contribution in [0.5, 0.6) is 0 Å². The van der Waals surface area contributed by atoms with Gasteiger partial charge in [-0.3, -0.25) is 4.79 Å². The number of nitriles is 1. The van der Waals surface area contributed by atoms with E-state index in [1.807, 2.05) is 13.8 Å². The van der Waals surface area contributed by atoms with Gasteiger partial charge >= 0.3 is 0 Å². The molecule has 0 unspecified atom stereocenters. The van der Waals surface area contributed by atoms with Crippen LogP contribution in [0.25, 0.3) is 0 Å². The Morgan fingerprint density at radius 1 is 1.64 bits per heavy atom. The Morgan fingerprint density at radius 3 is 2.57 bits per heavy atom. The summed E-state index contributed by atoms with van der Waals surface area (Å²) in [5.41, 5.74) is 0.110. The third-order valence-corrected chi connectivity index (χ3v) is 3.12. The fourth-order valence-corrected chi connectivity index (χ4v) is 2.12. The predicted molar refractivity (Wildman–Crippen MR) is 50.9 cm³/mol. The Bertz CT molecular complexity index is 326. The predicted octanol–water partition coefficient (Wildman–Crippen LogP) is 1.59. The zero-order valence-corrected chi connectivity index (χ0v) is 8.61. The molecule has 1 N–H and O–H groups in total. The number of carbonyl (C=O) groups excluding carboxylic acids is 1. The van der Waals surface area contributed by atoms with Crippen LogP contribution in [0.1, 0.15) is 27.2 Å². The average Bonchev–Trinajstić information content (AvgIpc) is 2.58. The SMILES string of the molecule is CC(=O)/C(=N\O)[C@@H]1[C@@H](CC#N)C1(C)C. The highest BCUT2D eigenvalue weighted by Crippen LogP contribution is 2.60. The molecule has 1 rings (SSSR count). The summed E-state index contributed by atoms with van der Waals surface area (Å²) >= 11 is 0. The van der Waals surface area contributed by atoms with Crippen molar-refractivity contribution in [2.45, 2.75) is 27.2 Å². The smallest absolute Gasteiger partial charge is 0.177 e. The van der Waals surface area contributed by atoms with E-state index in [9.17, 15) is 4.79 Å². The van der Waals surface area contributed by atoms with Crippen LogP contribution in [0, 0.1) is 28.6 Å². The molecule has 0 aromatic heterocycles.